The number of hydrogen-bond donors (Lipinski definition) is 1. The molecular formula is C15H23N3O3. The molecule has 0 aliphatic carbocycles. The number of rotatable bonds is 4. The van der Waals surface area contributed by atoms with Gasteiger partial charge in [0.25, 0.3) is 5.91 Å². The van der Waals surface area contributed by atoms with Gasteiger partial charge in [0.1, 0.15) is 0 Å². The van der Waals surface area contributed by atoms with Gasteiger partial charge in [-0.25, -0.2) is 0 Å². The van der Waals surface area contributed by atoms with Crippen LogP contribution in [0.5, 0.6) is 0 Å². The minimum absolute atomic E-state index is 0.109. The molecule has 21 heavy (non-hydrogen) atoms. The van der Waals surface area contributed by atoms with Crippen molar-refractivity contribution in [2.24, 2.45) is 12.5 Å². The topological polar surface area (TPSA) is 75.4 Å². The third-order valence-corrected chi connectivity index (χ3v) is 4.29. The number of nitrogens with zero attached hydrogens (tertiary/aromatic N) is 3. The number of carboxylic acid groups (broad SMARTS) is 1. The molecule has 1 N–H and O–H groups in total. The summed E-state index contributed by atoms with van der Waals surface area (Å²) in [5.74, 6) is -0.896. The van der Waals surface area contributed by atoms with Crippen LogP contribution in [0.1, 0.15) is 48.7 Å². The lowest BCUT2D eigenvalue weighted by Gasteiger charge is -2.39. The van der Waals surface area contributed by atoms with Crippen LogP contribution >= 0.6 is 0 Å². The summed E-state index contributed by atoms with van der Waals surface area (Å²) in [6, 6.07) is 0. The number of hydrogen-bond acceptors (Lipinski definition) is 3. The van der Waals surface area contributed by atoms with Gasteiger partial charge >= 0.3 is 5.97 Å². The Labute approximate surface area is 124 Å². The van der Waals surface area contributed by atoms with Gasteiger partial charge in [0.15, 0.2) is 0 Å². The van der Waals surface area contributed by atoms with Crippen LogP contribution in [0, 0.1) is 12.3 Å². The highest BCUT2D eigenvalue weighted by Gasteiger charge is 2.43. The predicted octanol–water partition coefficient (Wildman–Crippen LogP) is 1.84. The van der Waals surface area contributed by atoms with Gasteiger partial charge < -0.3 is 10.0 Å². The first-order chi connectivity index (χ1) is 9.89. The van der Waals surface area contributed by atoms with E-state index in [0.29, 0.717) is 37.2 Å². The van der Waals surface area contributed by atoms with E-state index in [0.717, 1.165) is 12.8 Å². The van der Waals surface area contributed by atoms with Gasteiger partial charge in [0.2, 0.25) is 0 Å². The van der Waals surface area contributed by atoms with Crippen LogP contribution in [0.4, 0.5) is 0 Å². The second kappa shape index (κ2) is 5.87. The molecular weight excluding hydrogens is 270 g/mol. The first-order valence-corrected chi connectivity index (χ1v) is 7.42. The zero-order valence-electron chi connectivity index (χ0n) is 12.9. The largest absolute Gasteiger partial charge is 0.481 e. The van der Waals surface area contributed by atoms with E-state index in [1.165, 1.54) is 0 Å². The summed E-state index contributed by atoms with van der Waals surface area (Å²) < 4.78 is 1.61. The standard InChI is InChI=1S/C15H23N3O3/c1-4-6-15(14(20)21)7-5-8-18(10-15)13(19)12-9-17(3)16-11(12)2/h9H,4-8,10H2,1-3H3,(H,20,21). The van der Waals surface area contributed by atoms with Crippen molar-refractivity contribution in [2.75, 3.05) is 13.1 Å². The molecule has 1 aromatic heterocycles. The average Bonchev–Trinajstić information content (AvgIpc) is 2.77. The first-order valence-electron chi connectivity index (χ1n) is 7.42. The number of likely N-dealkylation sites (tertiary alicyclic amines) is 1. The summed E-state index contributed by atoms with van der Waals surface area (Å²) >= 11 is 0. The summed E-state index contributed by atoms with van der Waals surface area (Å²) in [6.07, 6.45) is 4.50. The molecule has 6 nitrogen and oxygen atoms in total. The number of amides is 1. The van der Waals surface area contributed by atoms with Crippen molar-refractivity contribution in [3.63, 3.8) is 0 Å². The lowest BCUT2D eigenvalue weighted by atomic mass is 9.76. The van der Waals surface area contributed by atoms with Crippen molar-refractivity contribution < 1.29 is 14.7 Å². The van der Waals surface area contributed by atoms with Crippen molar-refractivity contribution in [3.8, 4) is 0 Å². The van der Waals surface area contributed by atoms with Crippen LogP contribution in [0.3, 0.4) is 0 Å². The van der Waals surface area contributed by atoms with Gasteiger partial charge in [-0.1, -0.05) is 13.3 Å². The third kappa shape index (κ3) is 2.94. The van der Waals surface area contributed by atoms with Gasteiger partial charge in [0.05, 0.1) is 16.7 Å². The lowest BCUT2D eigenvalue weighted by molar-refractivity contribution is -0.152. The van der Waals surface area contributed by atoms with Gasteiger partial charge in [-0.3, -0.25) is 14.3 Å². The number of aromatic nitrogens is 2. The monoisotopic (exact) mass is 293 g/mol. The lowest BCUT2D eigenvalue weighted by Crippen LogP contribution is -2.50. The Balaban J connectivity index is 2.22. The van der Waals surface area contributed by atoms with Gasteiger partial charge in [-0.05, 0) is 26.2 Å². The Morgan fingerprint density at radius 2 is 2.19 bits per heavy atom. The fraction of sp³-hybridized carbons (Fsp3) is 0.667. The van der Waals surface area contributed by atoms with Crippen molar-refractivity contribution in [2.45, 2.75) is 39.5 Å². The first kappa shape index (κ1) is 15.5. The quantitative estimate of drug-likeness (QED) is 0.919. The molecule has 2 heterocycles. The Hall–Kier alpha value is -1.85. The molecule has 2 rings (SSSR count). The molecule has 0 bridgehead atoms. The van der Waals surface area contributed by atoms with Gasteiger partial charge in [-0.2, -0.15) is 5.10 Å². The molecule has 0 aromatic carbocycles. The Morgan fingerprint density at radius 3 is 2.71 bits per heavy atom. The molecule has 1 atom stereocenters. The molecule has 1 aromatic rings. The van der Waals surface area contributed by atoms with Crippen molar-refractivity contribution in [3.05, 3.63) is 17.5 Å². The van der Waals surface area contributed by atoms with Crippen LogP contribution < -0.4 is 0 Å². The van der Waals surface area contributed by atoms with Crippen molar-refractivity contribution in [1.82, 2.24) is 14.7 Å². The van der Waals surface area contributed by atoms with E-state index in [-0.39, 0.29) is 5.91 Å². The zero-order valence-corrected chi connectivity index (χ0v) is 12.9. The SMILES string of the molecule is CCCC1(C(=O)O)CCCN(C(=O)c2cn(C)nc2C)C1. The number of carbonyl (C=O) groups excluding carboxylic acids is 1. The molecule has 1 fully saturated rings. The molecule has 0 saturated carbocycles. The maximum Gasteiger partial charge on any atom is 0.311 e. The Kier molecular flexibility index (Phi) is 4.34. The fourth-order valence-electron chi connectivity index (χ4n) is 3.25. The average molecular weight is 293 g/mol. The molecule has 6 heteroatoms. The molecule has 1 aliphatic heterocycles. The van der Waals surface area contributed by atoms with Gasteiger partial charge in [-0.15, -0.1) is 0 Å². The maximum atomic E-state index is 12.6. The zero-order chi connectivity index (χ0) is 15.6. The number of aliphatic carboxylic acids is 1. The minimum atomic E-state index is -0.793. The number of aryl methyl sites for hydroxylation is 2. The highest BCUT2D eigenvalue weighted by atomic mass is 16.4. The van der Waals surface area contributed by atoms with Crippen LogP contribution in [0.25, 0.3) is 0 Å². The fourth-order valence-corrected chi connectivity index (χ4v) is 3.25. The molecule has 1 amide bonds. The van der Waals surface area contributed by atoms with E-state index in [2.05, 4.69) is 5.10 Å². The van der Waals surface area contributed by atoms with Gasteiger partial charge in [0, 0.05) is 26.3 Å². The molecule has 116 valence electrons. The second-order valence-electron chi connectivity index (χ2n) is 5.97. The molecule has 1 saturated heterocycles. The normalized spacial score (nSPS) is 22.3. The second-order valence-corrected chi connectivity index (χ2v) is 5.97. The van der Waals surface area contributed by atoms with Crippen LogP contribution in [-0.4, -0.2) is 44.8 Å². The Morgan fingerprint density at radius 1 is 1.48 bits per heavy atom. The molecule has 1 unspecified atom stereocenters. The summed E-state index contributed by atoms with van der Waals surface area (Å²) in [6.45, 7) is 4.69. The van der Waals surface area contributed by atoms with E-state index in [4.69, 9.17) is 0 Å². The maximum absolute atomic E-state index is 12.6. The van der Waals surface area contributed by atoms with Crippen molar-refractivity contribution >= 4 is 11.9 Å². The van der Waals surface area contributed by atoms with Crippen LogP contribution in [0.2, 0.25) is 0 Å². The number of carboxylic acids is 1. The predicted molar refractivity (Wildman–Crippen MR) is 78.1 cm³/mol. The molecule has 1 aliphatic rings. The number of piperidine rings is 1. The molecule has 0 radical (unpaired) electrons. The molecule has 0 spiro atoms. The highest BCUT2D eigenvalue weighted by molar-refractivity contribution is 5.95. The van der Waals surface area contributed by atoms with Crippen LogP contribution in [0.15, 0.2) is 6.20 Å². The summed E-state index contributed by atoms with van der Waals surface area (Å²) in [5, 5.41) is 13.8. The minimum Gasteiger partial charge on any atom is -0.481 e. The van der Waals surface area contributed by atoms with E-state index < -0.39 is 11.4 Å². The summed E-state index contributed by atoms with van der Waals surface area (Å²) in [4.78, 5) is 26.0. The van der Waals surface area contributed by atoms with Crippen LogP contribution in [-0.2, 0) is 11.8 Å². The summed E-state index contributed by atoms with van der Waals surface area (Å²) in [5.41, 5.74) is 0.457. The van der Waals surface area contributed by atoms with Crippen molar-refractivity contribution in [1.29, 1.82) is 0 Å². The highest BCUT2D eigenvalue weighted by Crippen LogP contribution is 2.35. The summed E-state index contributed by atoms with van der Waals surface area (Å²) in [7, 11) is 1.78. The van der Waals surface area contributed by atoms with E-state index in [9.17, 15) is 14.7 Å². The smallest absolute Gasteiger partial charge is 0.311 e. The third-order valence-electron chi connectivity index (χ3n) is 4.29. The Bertz CT molecular complexity index is 548. The number of carbonyl (C=O) groups is 2. The van der Waals surface area contributed by atoms with E-state index in [1.54, 1.807) is 29.7 Å². The van der Waals surface area contributed by atoms with E-state index in [1.807, 2.05) is 6.92 Å². The van der Waals surface area contributed by atoms with E-state index >= 15 is 0 Å².